The van der Waals surface area contributed by atoms with Crippen molar-refractivity contribution >= 4 is 5.97 Å². The summed E-state index contributed by atoms with van der Waals surface area (Å²) in [5.74, 6) is -0.173. The van der Waals surface area contributed by atoms with Crippen LogP contribution in [0.1, 0.15) is 136 Å². The van der Waals surface area contributed by atoms with E-state index in [1.54, 1.807) is 6.92 Å². The van der Waals surface area contributed by atoms with Crippen molar-refractivity contribution in [3.63, 3.8) is 0 Å². The smallest absolute Gasteiger partial charge is 0.306 e. The summed E-state index contributed by atoms with van der Waals surface area (Å²) in [4.78, 5) is 11.5. The summed E-state index contributed by atoms with van der Waals surface area (Å²) in [5.41, 5.74) is 0. The van der Waals surface area contributed by atoms with Crippen molar-refractivity contribution in [2.45, 2.75) is 142 Å². The monoisotopic (exact) mass is 384 g/mol. The first-order valence-electron chi connectivity index (χ1n) is 12.0. The van der Waals surface area contributed by atoms with E-state index in [-0.39, 0.29) is 18.7 Å². The van der Waals surface area contributed by atoms with Crippen molar-refractivity contribution < 1.29 is 14.6 Å². The normalized spacial score (nSPS) is 12.3. The van der Waals surface area contributed by atoms with E-state index in [1.165, 1.54) is 103 Å². The fourth-order valence-electron chi connectivity index (χ4n) is 3.49. The van der Waals surface area contributed by atoms with Crippen molar-refractivity contribution in [3.8, 4) is 0 Å². The minimum absolute atomic E-state index is 0.0924. The molecule has 0 aromatic heterocycles. The van der Waals surface area contributed by atoms with Crippen molar-refractivity contribution in [1.82, 2.24) is 0 Å². The number of carbonyl (C=O) groups is 1. The van der Waals surface area contributed by atoms with Gasteiger partial charge in [0.25, 0.3) is 0 Å². The summed E-state index contributed by atoms with van der Waals surface area (Å²) in [6.07, 6.45) is 24.4. The van der Waals surface area contributed by atoms with E-state index in [9.17, 15) is 4.79 Å². The lowest BCUT2D eigenvalue weighted by Gasteiger charge is -2.09. The Morgan fingerprint density at radius 2 is 1.00 bits per heavy atom. The number of aliphatic hydroxyl groups excluding tert-OH is 1. The molecule has 0 aliphatic rings. The van der Waals surface area contributed by atoms with Gasteiger partial charge in [-0.3, -0.25) is 4.79 Å². The standard InChI is InChI=1S/C24H48O3/c1-3-4-5-6-7-8-9-10-11-12-13-14-15-16-17-18-19-20-21-24(26)27-23(2)22-25/h23,25H,3-22H2,1-2H3. The summed E-state index contributed by atoms with van der Waals surface area (Å²) < 4.78 is 5.04. The third-order valence-electron chi connectivity index (χ3n) is 5.32. The van der Waals surface area contributed by atoms with Gasteiger partial charge in [0.05, 0.1) is 6.61 Å². The Morgan fingerprint density at radius 1 is 0.667 bits per heavy atom. The average Bonchev–Trinajstić information content (AvgIpc) is 2.66. The van der Waals surface area contributed by atoms with E-state index < -0.39 is 0 Å². The lowest BCUT2D eigenvalue weighted by Crippen LogP contribution is -2.18. The molecular weight excluding hydrogens is 336 g/mol. The van der Waals surface area contributed by atoms with Crippen LogP contribution in [0.5, 0.6) is 0 Å². The Balaban J connectivity index is 3.10. The van der Waals surface area contributed by atoms with E-state index in [4.69, 9.17) is 9.84 Å². The molecule has 0 amide bonds. The number of aliphatic hydroxyl groups is 1. The first-order valence-corrected chi connectivity index (χ1v) is 12.0. The molecule has 1 N–H and O–H groups in total. The van der Waals surface area contributed by atoms with Crippen molar-refractivity contribution in [1.29, 1.82) is 0 Å². The van der Waals surface area contributed by atoms with Gasteiger partial charge in [0.1, 0.15) is 6.10 Å². The zero-order valence-corrected chi connectivity index (χ0v) is 18.5. The van der Waals surface area contributed by atoms with Crippen LogP contribution in [0, 0.1) is 0 Å². The summed E-state index contributed by atoms with van der Waals surface area (Å²) in [5, 5.41) is 8.83. The molecule has 0 heterocycles. The number of unbranched alkanes of at least 4 members (excludes halogenated alkanes) is 17. The van der Waals surface area contributed by atoms with E-state index in [0.29, 0.717) is 6.42 Å². The SMILES string of the molecule is CCCCCCCCCCCCCCCCCCCCC(=O)OC(C)CO. The number of hydrogen-bond acceptors (Lipinski definition) is 3. The van der Waals surface area contributed by atoms with Crippen molar-refractivity contribution in [3.05, 3.63) is 0 Å². The summed E-state index contributed by atoms with van der Waals surface area (Å²) >= 11 is 0. The molecule has 0 aromatic carbocycles. The van der Waals surface area contributed by atoms with Crippen LogP contribution in [0.4, 0.5) is 0 Å². The van der Waals surface area contributed by atoms with Crippen LogP contribution in [0.15, 0.2) is 0 Å². The molecule has 0 saturated heterocycles. The molecule has 3 heteroatoms. The van der Waals surface area contributed by atoms with E-state index in [2.05, 4.69) is 6.92 Å². The lowest BCUT2D eigenvalue weighted by molar-refractivity contribution is -0.150. The molecule has 0 radical (unpaired) electrons. The highest BCUT2D eigenvalue weighted by molar-refractivity contribution is 5.69. The van der Waals surface area contributed by atoms with Gasteiger partial charge in [-0.1, -0.05) is 116 Å². The maximum absolute atomic E-state index is 11.5. The second-order valence-electron chi connectivity index (χ2n) is 8.24. The average molecular weight is 385 g/mol. The van der Waals surface area contributed by atoms with Crippen LogP contribution in [0.2, 0.25) is 0 Å². The second-order valence-corrected chi connectivity index (χ2v) is 8.24. The highest BCUT2D eigenvalue weighted by Crippen LogP contribution is 2.14. The molecule has 0 aliphatic carbocycles. The second kappa shape index (κ2) is 21.7. The predicted molar refractivity (Wildman–Crippen MR) is 116 cm³/mol. The Bertz CT molecular complexity index is 304. The Hall–Kier alpha value is -0.570. The van der Waals surface area contributed by atoms with Crippen LogP contribution in [0.3, 0.4) is 0 Å². The van der Waals surface area contributed by atoms with Crippen molar-refractivity contribution in [2.24, 2.45) is 0 Å². The predicted octanol–water partition coefficient (Wildman–Crippen LogP) is 7.34. The molecule has 0 rings (SSSR count). The van der Waals surface area contributed by atoms with Crippen LogP contribution in [0.25, 0.3) is 0 Å². The van der Waals surface area contributed by atoms with E-state index in [0.717, 1.165) is 12.8 Å². The van der Waals surface area contributed by atoms with Crippen LogP contribution >= 0.6 is 0 Å². The molecule has 3 nitrogen and oxygen atoms in total. The van der Waals surface area contributed by atoms with Gasteiger partial charge < -0.3 is 9.84 Å². The molecule has 0 aromatic rings. The zero-order chi connectivity index (χ0) is 20.0. The number of carbonyl (C=O) groups excluding carboxylic acids is 1. The lowest BCUT2D eigenvalue weighted by atomic mass is 10.0. The molecule has 0 aliphatic heterocycles. The third-order valence-corrected chi connectivity index (χ3v) is 5.32. The van der Waals surface area contributed by atoms with Crippen LogP contribution in [-0.2, 0) is 9.53 Å². The Morgan fingerprint density at radius 3 is 1.33 bits per heavy atom. The molecule has 1 unspecified atom stereocenters. The minimum atomic E-state index is -0.368. The molecule has 0 fully saturated rings. The quantitative estimate of drug-likeness (QED) is 0.166. The van der Waals surface area contributed by atoms with Crippen molar-refractivity contribution in [2.75, 3.05) is 6.61 Å². The van der Waals surface area contributed by atoms with Gasteiger partial charge in [-0.05, 0) is 13.3 Å². The highest BCUT2D eigenvalue weighted by Gasteiger charge is 2.07. The van der Waals surface area contributed by atoms with Gasteiger partial charge in [-0.15, -0.1) is 0 Å². The topological polar surface area (TPSA) is 46.5 Å². The Kier molecular flexibility index (Phi) is 21.3. The fourth-order valence-corrected chi connectivity index (χ4v) is 3.49. The summed E-state index contributed by atoms with van der Waals surface area (Å²) in [6.45, 7) is 3.90. The first-order chi connectivity index (χ1) is 13.2. The number of ether oxygens (including phenoxy) is 1. The summed E-state index contributed by atoms with van der Waals surface area (Å²) in [6, 6.07) is 0. The van der Waals surface area contributed by atoms with Gasteiger partial charge in [0.15, 0.2) is 0 Å². The van der Waals surface area contributed by atoms with E-state index in [1.807, 2.05) is 0 Å². The molecule has 0 bridgehead atoms. The highest BCUT2D eigenvalue weighted by atomic mass is 16.5. The summed E-state index contributed by atoms with van der Waals surface area (Å²) in [7, 11) is 0. The molecule has 27 heavy (non-hydrogen) atoms. The largest absolute Gasteiger partial charge is 0.460 e. The molecule has 1 atom stereocenters. The number of rotatable bonds is 21. The van der Waals surface area contributed by atoms with Gasteiger partial charge in [0.2, 0.25) is 0 Å². The maximum atomic E-state index is 11.5. The van der Waals surface area contributed by atoms with Crippen LogP contribution in [-0.4, -0.2) is 23.8 Å². The minimum Gasteiger partial charge on any atom is -0.460 e. The maximum Gasteiger partial charge on any atom is 0.306 e. The molecular formula is C24H48O3. The molecule has 0 saturated carbocycles. The van der Waals surface area contributed by atoms with Crippen LogP contribution < -0.4 is 0 Å². The fraction of sp³-hybridized carbons (Fsp3) is 0.958. The third kappa shape index (κ3) is 21.6. The molecule has 162 valence electrons. The van der Waals surface area contributed by atoms with Gasteiger partial charge in [-0.25, -0.2) is 0 Å². The Labute approximate surface area is 169 Å². The number of hydrogen-bond donors (Lipinski definition) is 1. The van der Waals surface area contributed by atoms with Gasteiger partial charge in [0, 0.05) is 6.42 Å². The van der Waals surface area contributed by atoms with E-state index >= 15 is 0 Å². The van der Waals surface area contributed by atoms with Gasteiger partial charge in [-0.2, -0.15) is 0 Å². The number of esters is 1. The molecule has 0 spiro atoms. The first kappa shape index (κ1) is 26.4. The van der Waals surface area contributed by atoms with Gasteiger partial charge >= 0.3 is 5.97 Å². The zero-order valence-electron chi connectivity index (χ0n) is 18.5.